The quantitative estimate of drug-likeness (QED) is 0.806. The van der Waals surface area contributed by atoms with Crippen molar-refractivity contribution in [3.8, 4) is 5.88 Å². The minimum atomic E-state index is -0.389. The molecule has 88 valence electrons. The summed E-state index contributed by atoms with van der Waals surface area (Å²) in [6.07, 6.45) is 0. The molecule has 1 aromatic heterocycles. The number of carbonyl (C=O) groups excluding carboxylic acids is 1. The number of nitrogens with one attached hydrogen (secondary N) is 1. The van der Waals surface area contributed by atoms with E-state index in [0.29, 0.717) is 11.4 Å². The number of aryl methyl sites for hydroxylation is 2. The summed E-state index contributed by atoms with van der Waals surface area (Å²) in [6.45, 7) is 5.71. The molecule has 17 heavy (non-hydrogen) atoms. The molecule has 1 N–H and O–H groups in total. The van der Waals surface area contributed by atoms with Crippen LogP contribution in [0, 0.1) is 20.8 Å². The van der Waals surface area contributed by atoms with Gasteiger partial charge in [0.2, 0.25) is 5.88 Å². The molecule has 0 spiro atoms. The standard InChI is InChI=1S/C13H14N2O2/c1-8-4-6-11(7-5-8)13(16)17-12-9(2)10(3)14-15-12/h4-7H,1-3H3,(H,14,15). The number of H-pyrrole nitrogens is 1. The van der Waals surface area contributed by atoms with Crippen LogP contribution in [-0.2, 0) is 0 Å². The van der Waals surface area contributed by atoms with Crippen LogP contribution in [0.15, 0.2) is 24.3 Å². The largest absolute Gasteiger partial charge is 0.402 e. The molecule has 4 nitrogen and oxygen atoms in total. The van der Waals surface area contributed by atoms with Crippen molar-refractivity contribution in [3.05, 3.63) is 46.6 Å². The number of hydrogen-bond acceptors (Lipinski definition) is 3. The first-order valence-corrected chi connectivity index (χ1v) is 5.38. The molecule has 0 bridgehead atoms. The fraction of sp³-hybridized carbons (Fsp3) is 0.231. The van der Waals surface area contributed by atoms with Crippen LogP contribution in [0.25, 0.3) is 0 Å². The van der Waals surface area contributed by atoms with Crippen molar-refractivity contribution >= 4 is 5.97 Å². The van der Waals surface area contributed by atoms with Crippen LogP contribution in [-0.4, -0.2) is 16.2 Å². The Morgan fingerprint density at radius 1 is 1.18 bits per heavy atom. The third-order valence-corrected chi connectivity index (χ3v) is 2.69. The van der Waals surface area contributed by atoms with E-state index in [-0.39, 0.29) is 5.97 Å². The van der Waals surface area contributed by atoms with Gasteiger partial charge in [-0.2, -0.15) is 0 Å². The van der Waals surface area contributed by atoms with Crippen molar-refractivity contribution in [1.29, 1.82) is 0 Å². The zero-order valence-electron chi connectivity index (χ0n) is 10.1. The highest BCUT2D eigenvalue weighted by molar-refractivity contribution is 5.91. The third kappa shape index (κ3) is 2.36. The van der Waals surface area contributed by atoms with E-state index in [9.17, 15) is 4.79 Å². The Hall–Kier alpha value is -2.10. The van der Waals surface area contributed by atoms with Gasteiger partial charge in [-0.1, -0.05) is 17.7 Å². The van der Waals surface area contributed by atoms with Gasteiger partial charge in [0.05, 0.1) is 5.56 Å². The van der Waals surface area contributed by atoms with Crippen LogP contribution in [0.5, 0.6) is 5.88 Å². The van der Waals surface area contributed by atoms with Crippen molar-refractivity contribution in [3.63, 3.8) is 0 Å². The number of nitrogens with zero attached hydrogens (tertiary/aromatic N) is 1. The van der Waals surface area contributed by atoms with Crippen LogP contribution < -0.4 is 4.74 Å². The van der Waals surface area contributed by atoms with Crippen molar-refractivity contribution < 1.29 is 9.53 Å². The summed E-state index contributed by atoms with van der Waals surface area (Å²) in [6, 6.07) is 7.23. The molecule has 0 saturated heterocycles. The first kappa shape index (κ1) is 11.4. The van der Waals surface area contributed by atoms with Gasteiger partial charge in [0.15, 0.2) is 0 Å². The number of ether oxygens (including phenoxy) is 1. The molecule has 0 aliphatic carbocycles. The van der Waals surface area contributed by atoms with E-state index in [1.807, 2.05) is 32.9 Å². The van der Waals surface area contributed by atoms with E-state index in [0.717, 1.165) is 16.8 Å². The van der Waals surface area contributed by atoms with Crippen LogP contribution in [0.3, 0.4) is 0 Å². The molecule has 2 aromatic rings. The van der Waals surface area contributed by atoms with E-state index in [1.54, 1.807) is 12.1 Å². The number of hydrogen-bond donors (Lipinski definition) is 1. The monoisotopic (exact) mass is 230 g/mol. The number of rotatable bonds is 2. The van der Waals surface area contributed by atoms with Crippen molar-refractivity contribution in [2.75, 3.05) is 0 Å². The second kappa shape index (κ2) is 4.41. The Kier molecular flexibility index (Phi) is 2.95. The maximum Gasteiger partial charge on any atom is 0.344 e. The topological polar surface area (TPSA) is 55.0 Å². The van der Waals surface area contributed by atoms with Crippen LogP contribution in [0.2, 0.25) is 0 Å². The average molecular weight is 230 g/mol. The summed E-state index contributed by atoms with van der Waals surface area (Å²) in [7, 11) is 0. The fourth-order valence-electron chi connectivity index (χ4n) is 1.40. The number of esters is 1. The molecule has 0 aliphatic heterocycles. The molecule has 0 fully saturated rings. The minimum Gasteiger partial charge on any atom is -0.402 e. The number of carbonyl (C=O) groups is 1. The summed E-state index contributed by atoms with van der Waals surface area (Å²) in [5, 5.41) is 6.71. The summed E-state index contributed by atoms with van der Waals surface area (Å²) in [4.78, 5) is 11.8. The molecule has 0 unspecified atom stereocenters. The van der Waals surface area contributed by atoms with Crippen molar-refractivity contribution in [2.45, 2.75) is 20.8 Å². The number of aromatic nitrogens is 2. The Balaban J connectivity index is 2.17. The molecule has 4 heteroatoms. The Morgan fingerprint density at radius 3 is 2.35 bits per heavy atom. The van der Waals surface area contributed by atoms with Gasteiger partial charge in [-0.25, -0.2) is 4.79 Å². The van der Waals surface area contributed by atoms with Gasteiger partial charge in [-0.05, 0) is 32.9 Å². The van der Waals surface area contributed by atoms with E-state index in [2.05, 4.69) is 10.2 Å². The van der Waals surface area contributed by atoms with Gasteiger partial charge >= 0.3 is 5.97 Å². The molecule has 0 atom stereocenters. The maximum absolute atomic E-state index is 11.8. The Morgan fingerprint density at radius 2 is 1.82 bits per heavy atom. The van der Waals surface area contributed by atoms with Gasteiger partial charge in [0, 0.05) is 11.3 Å². The zero-order valence-corrected chi connectivity index (χ0v) is 10.1. The highest BCUT2D eigenvalue weighted by Gasteiger charge is 2.13. The van der Waals surface area contributed by atoms with Gasteiger partial charge in [0.25, 0.3) is 0 Å². The predicted molar refractivity (Wildman–Crippen MR) is 64.2 cm³/mol. The molecular weight excluding hydrogens is 216 g/mol. The highest BCUT2D eigenvalue weighted by atomic mass is 16.5. The second-order valence-corrected chi connectivity index (χ2v) is 4.03. The molecule has 0 aliphatic rings. The predicted octanol–water partition coefficient (Wildman–Crippen LogP) is 2.55. The Labute approximate surface area is 99.6 Å². The Bertz CT molecular complexity index is 541. The average Bonchev–Trinajstić information content (AvgIpc) is 2.62. The van der Waals surface area contributed by atoms with Gasteiger partial charge in [-0.15, -0.1) is 5.10 Å². The molecular formula is C13H14N2O2. The van der Waals surface area contributed by atoms with Crippen LogP contribution >= 0.6 is 0 Å². The number of benzene rings is 1. The lowest BCUT2D eigenvalue weighted by molar-refractivity contribution is 0.0726. The lowest BCUT2D eigenvalue weighted by atomic mass is 10.1. The summed E-state index contributed by atoms with van der Waals surface area (Å²) in [5.74, 6) is -0.0484. The summed E-state index contributed by atoms with van der Waals surface area (Å²) in [5.41, 5.74) is 3.38. The van der Waals surface area contributed by atoms with E-state index in [1.165, 1.54) is 0 Å². The summed E-state index contributed by atoms with van der Waals surface area (Å²) < 4.78 is 5.21. The first-order valence-electron chi connectivity index (χ1n) is 5.38. The lowest BCUT2D eigenvalue weighted by Crippen LogP contribution is -2.09. The normalized spacial score (nSPS) is 10.3. The smallest absolute Gasteiger partial charge is 0.344 e. The van der Waals surface area contributed by atoms with E-state index >= 15 is 0 Å². The summed E-state index contributed by atoms with van der Waals surface area (Å²) >= 11 is 0. The second-order valence-electron chi connectivity index (χ2n) is 4.03. The van der Waals surface area contributed by atoms with E-state index in [4.69, 9.17) is 4.74 Å². The lowest BCUT2D eigenvalue weighted by Gasteiger charge is -2.02. The number of aromatic amines is 1. The first-order chi connectivity index (χ1) is 8.08. The minimum absolute atomic E-state index is 0.341. The molecule has 2 rings (SSSR count). The fourth-order valence-corrected chi connectivity index (χ4v) is 1.40. The molecule has 1 aromatic carbocycles. The third-order valence-electron chi connectivity index (χ3n) is 2.69. The van der Waals surface area contributed by atoms with Crippen molar-refractivity contribution in [2.24, 2.45) is 0 Å². The zero-order chi connectivity index (χ0) is 12.4. The van der Waals surface area contributed by atoms with Gasteiger partial charge in [0.1, 0.15) is 0 Å². The molecule has 0 saturated carbocycles. The van der Waals surface area contributed by atoms with Crippen molar-refractivity contribution in [1.82, 2.24) is 10.2 Å². The van der Waals surface area contributed by atoms with E-state index < -0.39 is 0 Å². The van der Waals surface area contributed by atoms with Gasteiger partial charge in [-0.3, -0.25) is 5.10 Å². The van der Waals surface area contributed by atoms with Gasteiger partial charge < -0.3 is 4.74 Å². The maximum atomic E-state index is 11.8. The van der Waals surface area contributed by atoms with Crippen LogP contribution in [0.4, 0.5) is 0 Å². The SMILES string of the molecule is Cc1ccc(C(=O)Oc2n[nH]c(C)c2C)cc1. The molecule has 1 heterocycles. The highest BCUT2D eigenvalue weighted by Crippen LogP contribution is 2.18. The molecule has 0 radical (unpaired) electrons. The van der Waals surface area contributed by atoms with Crippen LogP contribution in [0.1, 0.15) is 27.2 Å². The molecule has 0 amide bonds.